The molecular formula is C15H13N3O2. The minimum absolute atomic E-state index is 0.253. The van der Waals surface area contributed by atoms with Gasteiger partial charge < -0.3 is 14.8 Å². The molecule has 5 nitrogen and oxygen atoms in total. The van der Waals surface area contributed by atoms with Crippen LogP contribution in [0.25, 0.3) is 11.3 Å². The highest BCUT2D eigenvalue weighted by atomic mass is 16.5. The summed E-state index contributed by atoms with van der Waals surface area (Å²) in [6.07, 6.45) is 3.64. The molecule has 0 radical (unpaired) electrons. The van der Waals surface area contributed by atoms with E-state index < -0.39 is 0 Å². The largest absolute Gasteiger partial charge is 0.367 e. The number of nitrogens with one attached hydrogen (secondary N) is 2. The zero-order valence-corrected chi connectivity index (χ0v) is 10.7. The van der Waals surface area contributed by atoms with E-state index in [9.17, 15) is 4.79 Å². The Labute approximate surface area is 115 Å². The van der Waals surface area contributed by atoms with Gasteiger partial charge in [0, 0.05) is 30.6 Å². The first-order valence-electron chi connectivity index (χ1n) is 6.25. The highest BCUT2D eigenvalue weighted by molar-refractivity contribution is 5.93. The molecule has 0 fully saturated rings. The molecule has 1 aromatic carbocycles. The van der Waals surface area contributed by atoms with E-state index >= 15 is 0 Å². The number of H-pyrrole nitrogens is 1. The molecule has 5 heteroatoms. The molecule has 2 heterocycles. The van der Waals surface area contributed by atoms with Crippen LogP contribution >= 0.6 is 0 Å². The molecular weight excluding hydrogens is 254 g/mol. The monoisotopic (exact) mass is 267 g/mol. The zero-order valence-electron chi connectivity index (χ0n) is 10.7. The lowest BCUT2D eigenvalue weighted by molar-refractivity contribution is 0.0942. The molecule has 0 aliphatic carbocycles. The summed E-state index contributed by atoms with van der Waals surface area (Å²) in [5, 5.41) is 6.58. The number of carbonyl (C=O) groups is 1. The predicted molar refractivity (Wildman–Crippen MR) is 73.9 cm³/mol. The van der Waals surface area contributed by atoms with Gasteiger partial charge in [0.2, 0.25) is 0 Å². The zero-order chi connectivity index (χ0) is 13.8. The fourth-order valence-electron chi connectivity index (χ4n) is 1.86. The number of carbonyl (C=O) groups excluding carboxylic acids is 1. The fraction of sp³-hybridized carbons (Fsp3) is 0.0667. The first-order chi connectivity index (χ1) is 9.83. The van der Waals surface area contributed by atoms with Gasteiger partial charge in [-0.25, -0.2) is 0 Å². The Bertz CT molecular complexity index is 687. The lowest BCUT2D eigenvalue weighted by Crippen LogP contribution is -2.22. The maximum atomic E-state index is 11.9. The molecule has 0 saturated heterocycles. The van der Waals surface area contributed by atoms with Gasteiger partial charge in [-0.15, -0.1) is 0 Å². The van der Waals surface area contributed by atoms with E-state index in [4.69, 9.17) is 4.52 Å². The van der Waals surface area contributed by atoms with Crippen molar-refractivity contribution in [1.29, 1.82) is 0 Å². The Kier molecular flexibility index (Phi) is 3.33. The summed E-state index contributed by atoms with van der Waals surface area (Å²) in [5.74, 6) is 0.328. The molecule has 0 atom stereocenters. The van der Waals surface area contributed by atoms with E-state index in [2.05, 4.69) is 15.5 Å². The highest BCUT2D eigenvalue weighted by Crippen LogP contribution is 2.19. The average molecular weight is 267 g/mol. The Morgan fingerprint density at radius 3 is 2.85 bits per heavy atom. The number of benzene rings is 1. The fourth-order valence-corrected chi connectivity index (χ4v) is 1.86. The van der Waals surface area contributed by atoms with Crippen molar-refractivity contribution in [3.8, 4) is 11.3 Å². The van der Waals surface area contributed by atoms with Crippen LogP contribution in [0.1, 0.15) is 16.1 Å². The standard InChI is InChI=1S/C15H13N3O2/c19-15(17-10-11-6-7-16-9-11)13-8-14(20-18-13)12-4-2-1-3-5-12/h1-9,16H,10H2,(H,17,19). The van der Waals surface area contributed by atoms with Crippen molar-refractivity contribution in [3.05, 3.63) is 66.1 Å². The topological polar surface area (TPSA) is 70.9 Å². The van der Waals surface area contributed by atoms with Crippen LogP contribution in [0.3, 0.4) is 0 Å². The van der Waals surface area contributed by atoms with Crippen molar-refractivity contribution in [2.24, 2.45) is 0 Å². The van der Waals surface area contributed by atoms with E-state index in [0.717, 1.165) is 11.1 Å². The van der Waals surface area contributed by atoms with Gasteiger partial charge in [-0.3, -0.25) is 4.79 Å². The Balaban J connectivity index is 1.69. The van der Waals surface area contributed by atoms with Crippen molar-refractivity contribution in [2.45, 2.75) is 6.54 Å². The van der Waals surface area contributed by atoms with Gasteiger partial charge in [-0.05, 0) is 11.6 Å². The number of aromatic amines is 1. The van der Waals surface area contributed by atoms with Gasteiger partial charge >= 0.3 is 0 Å². The number of aromatic nitrogens is 2. The second-order valence-electron chi connectivity index (χ2n) is 4.34. The smallest absolute Gasteiger partial charge is 0.273 e. The van der Waals surface area contributed by atoms with Gasteiger partial charge in [-0.1, -0.05) is 35.5 Å². The number of hydrogen-bond acceptors (Lipinski definition) is 3. The summed E-state index contributed by atoms with van der Waals surface area (Å²) in [7, 11) is 0. The van der Waals surface area contributed by atoms with Gasteiger partial charge in [-0.2, -0.15) is 0 Å². The van der Waals surface area contributed by atoms with Crippen molar-refractivity contribution >= 4 is 5.91 Å². The summed E-state index contributed by atoms with van der Waals surface area (Å²) in [4.78, 5) is 14.9. The van der Waals surface area contributed by atoms with Crippen LogP contribution < -0.4 is 5.32 Å². The summed E-state index contributed by atoms with van der Waals surface area (Å²) in [6, 6.07) is 13.1. The maximum Gasteiger partial charge on any atom is 0.273 e. The third-order valence-corrected chi connectivity index (χ3v) is 2.92. The van der Waals surface area contributed by atoms with E-state index in [1.165, 1.54) is 0 Å². The van der Waals surface area contributed by atoms with Crippen LogP contribution in [0.4, 0.5) is 0 Å². The molecule has 2 aromatic heterocycles. The molecule has 0 spiro atoms. The van der Waals surface area contributed by atoms with Crippen LogP contribution in [0.15, 0.2) is 59.4 Å². The summed E-state index contributed by atoms with van der Waals surface area (Å²) in [5.41, 5.74) is 2.18. The molecule has 3 rings (SSSR count). The van der Waals surface area contributed by atoms with E-state index in [0.29, 0.717) is 12.3 Å². The van der Waals surface area contributed by atoms with Crippen molar-refractivity contribution < 1.29 is 9.32 Å². The third-order valence-electron chi connectivity index (χ3n) is 2.92. The van der Waals surface area contributed by atoms with E-state index in [1.807, 2.05) is 48.8 Å². The molecule has 0 saturated carbocycles. The van der Waals surface area contributed by atoms with Crippen molar-refractivity contribution in [2.75, 3.05) is 0 Å². The molecule has 3 aromatic rings. The normalized spacial score (nSPS) is 10.4. The van der Waals surface area contributed by atoms with Gasteiger partial charge in [0.25, 0.3) is 5.91 Å². The third kappa shape index (κ3) is 2.61. The maximum absolute atomic E-state index is 11.9. The number of hydrogen-bond donors (Lipinski definition) is 2. The number of rotatable bonds is 4. The van der Waals surface area contributed by atoms with Crippen LogP contribution in [0, 0.1) is 0 Å². The molecule has 20 heavy (non-hydrogen) atoms. The van der Waals surface area contributed by atoms with Crippen LogP contribution in [0.5, 0.6) is 0 Å². The predicted octanol–water partition coefficient (Wildman–Crippen LogP) is 2.60. The molecule has 0 unspecified atom stereocenters. The molecule has 0 bridgehead atoms. The van der Waals surface area contributed by atoms with Gasteiger partial charge in [0.05, 0.1) is 0 Å². The Morgan fingerprint density at radius 1 is 1.25 bits per heavy atom. The molecule has 2 N–H and O–H groups in total. The van der Waals surface area contributed by atoms with Gasteiger partial charge in [0.15, 0.2) is 11.5 Å². The van der Waals surface area contributed by atoms with Gasteiger partial charge in [0.1, 0.15) is 0 Å². The molecule has 1 amide bonds. The summed E-state index contributed by atoms with van der Waals surface area (Å²) >= 11 is 0. The number of amides is 1. The summed E-state index contributed by atoms with van der Waals surface area (Å²) in [6.45, 7) is 0.454. The molecule has 0 aliphatic rings. The first kappa shape index (κ1) is 12.2. The van der Waals surface area contributed by atoms with E-state index in [-0.39, 0.29) is 11.6 Å². The lowest BCUT2D eigenvalue weighted by Gasteiger charge is -1.99. The Hall–Kier alpha value is -2.82. The molecule has 0 aliphatic heterocycles. The van der Waals surface area contributed by atoms with Crippen LogP contribution in [-0.4, -0.2) is 16.0 Å². The first-order valence-corrected chi connectivity index (χ1v) is 6.25. The minimum Gasteiger partial charge on any atom is -0.367 e. The van der Waals surface area contributed by atoms with E-state index in [1.54, 1.807) is 6.07 Å². The lowest BCUT2D eigenvalue weighted by atomic mass is 10.1. The second kappa shape index (κ2) is 5.44. The highest BCUT2D eigenvalue weighted by Gasteiger charge is 2.13. The quantitative estimate of drug-likeness (QED) is 0.763. The number of nitrogens with zero attached hydrogens (tertiary/aromatic N) is 1. The van der Waals surface area contributed by atoms with Crippen LogP contribution in [-0.2, 0) is 6.54 Å². The van der Waals surface area contributed by atoms with Crippen LogP contribution in [0.2, 0.25) is 0 Å². The second-order valence-corrected chi connectivity index (χ2v) is 4.34. The van der Waals surface area contributed by atoms with Crippen molar-refractivity contribution in [3.63, 3.8) is 0 Å². The summed E-state index contributed by atoms with van der Waals surface area (Å²) < 4.78 is 5.19. The Morgan fingerprint density at radius 2 is 2.10 bits per heavy atom. The van der Waals surface area contributed by atoms with Crippen molar-refractivity contribution in [1.82, 2.24) is 15.5 Å². The SMILES string of the molecule is O=C(NCc1cc[nH]c1)c1cc(-c2ccccc2)on1. The average Bonchev–Trinajstić information content (AvgIpc) is 3.17. The minimum atomic E-state index is -0.253. The molecule has 100 valence electrons.